The van der Waals surface area contributed by atoms with Crippen LogP contribution in [0.15, 0.2) is 60.9 Å². The molecule has 2 N–H and O–H groups in total. The minimum Gasteiger partial charge on any atom is -0.327 e. The average Bonchev–Trinajstić information content (AvgIpc) is 3.02. The molecule has 0 aliphatic carbocycles. The summed E-state index contributed by atoms with van der Waals surface area (Å²) in [5, 5.41) is 0. The Morgan fingerprint density at radius 3 is 2.50 bits per heavy atom. The van der Waals surface area contributed by atoms with Crippen molar-refractivity contribution < 1.29 is 13.2 Å². The second-order valence-corrected chi connectivity index (χ2v) is 5.45. The summed E-state index contributed by atoms with van der Waals surface area (Å²) in [6, 6.07) is 13.1. The van der Waals surface area contributed by atoms with Crippen LogP contribution in [-0.2, 0) is 19.3 Å². The molecular formula is C18H16F3N3. The molecule has 0 atom stereocenters. The molecule has 1 aromatic heterocycles. The van der Waals surface area contributed by atoms with Crippen LogP contribution < -0.4 is 5.73 Å². The van der Waals surface area contributed by atoms with E-state index in [1.54, 1.807) is 16.8 Å². The molecule has 1 heterocycles. The highest BCUT2D eigenvalue weighted by atomic mass is 19.4. The Hall–Kier alpha value is -2.60. The van der Waals surface area contributed by atoms with Gasteiger partial charge in [-0.25, -0.2) is 4.98 Å². The van der Waals surface area contributed by atoms with E-state index in [0.717, 1.165) is 17.2 Å². The lowest BCUT2D eigenvalue weighted by molar-refractivity contribution is -0.137. The average molecular weight is 331 g/mol. The molecule has 0 saturated carbocycles. The number of rotatable bonds is 4. The van der Waals surface area contributed by atoms with Crippen molar-refractivity contribution >= 4 is 0 Å². The van der Waals surface area contributed by atoms with Crippen LogP contribution in [0.1, 0.15) is 16.7 Å². The standard InChI is InChI=1S/C18H16F3N3/c19-18(20,21)16-7-2-1-6-15(16)17-23-8-9-24(17)12-14-5-3-4-13(10-14)11-22/h1-10H,11-12,22H2. The molecule has 0 aliphatic rings. The largest absolute Gasteiger partial charge is 0.417 e. The van der Waals surface area contributed by atoms with Crippen LogP contribution in [0.3, 0.4) is 0 Å². The first-order valence-electron chi connectivity index (χ1n) is 7.44. The predicted molar refractivity (Wildman–Crippen MR) is 86.1 cm³/mol. The lowest BCUT2D eigenvalue weighted by Gasteiger charge is -2.14. The number of halogens is 3. The summed E-state index contributed by atoms with van der Waals surface area (Å²) in [5.41, 5.74) is 6.96. The van der Waals surface area contributed by atoms with Gasteiger partial charge in [-0.1, -0.05) is 42.5 Å². The minimum absolute atomic E-state index is 0.0741. The van der Waals surface area contributed by atoms with Crippen LogP contribution in [0.4, 0.5) is 13.2 Å². The third-order valence-electron chi connectivity index (χ3n) is 3.77. The van der Waals surface area contributed by atoms with Crippen molar-refractivity contribution in [2.45, 2.75) is 19.3 Å². The van der Waals surface area contributed by atoms with Crippen molar-refractivity contribution in [1.82, 2.24) is 9.55 Å². The Bertz CT molecular complexity index is 837. The van der Waals surface area contributed by atoms with Gasteiger partial charge in [-0.05, 0) is 17.2 Å². The molecule has 2 aromatic carbocycles. The zero-order valence-electron chi connectivity index (χ0n) is 12.8. The third kappa shape index (κ3) is 3.33. The molecular weight excluding hydrogens is 315 g/mol. The highest BCUT2D eigenvalue weighted by molar-refractivity contribution is 5.61. The number of hydrogen-bond donors (Lipinski definition) is 1. The smallest absolute Gasteiger partial charge is 0.327 e. The maximum absolute atomic E-state index is 13.2. The quantitative estimate of drug-likeness (QED) is 0.783. The minimum atomic E-state index is -4.42. The predicted octanol–water partition coefficient (Wildman–Crippen LogP) is 4.08. The van der Waals surface area contributed by atoms with Crippen LogP contribution in [0, 0.1) is 0 Å². The fraction of sp³-hybridized carbons (Fsp3) is 0.167. The highest BCUT2D eigenvalue weighted by Crippen LogP contribution is 2.36. The summed E-state index contributed by atoms with van der Waals surface area (Å²) >= 11 is 0. The summed E-state index contributed by atoms with van der Waals surface area (Å²) in [6.07, 6.45) is -1.24. The Kier molecular flexibility index (Phi) is 4.40. The number of hydrogen-bond acceptors (Lipinski definition) is 2. The van der Waals surface area contributed by atoms with Gasteiger partial charge in [-0.2, -0.15) is 13.2 Å². The molecule has 3 aromatic rings. The van der Waals surface area contributed by atoms with E-state index in [9.17, 15) is 13.2 Å². The van der Waals surface area contributed by atoms with Crippen molar-refractivity contribution in [3.63, 3.8) is 0 Å². The van der Waals surface area contributed by atoms with E-state index in [0.29, 0.717) is 18.9 Å². The number of aromatic nitrogens is 2. The fourth-order valence-electron chi connectivity index (χ4n) is 2.66. The van der Waals surface area contributed by atoms with Gasteiger partial charge in [0, 0.05) is 31.0 Å². The number of nitrogens with zero attached hydrogens (tertiary/aromatic N) is 2. The van der Waals surface area contributed by atoms with Crippen molar-refractivity contribution in [2.75, 3.05) is 0 Å². The zero-order chi connectivity index (χ0) is 17.2. The first-order valence-corrected chi connectivity index (χ1v) is 7.44. The molecule has 0 spiro atoms. The van der Waals surface area contributed by atoms with E-state index in [1.165, 1.54) is 18.3 Å². The topological polar surface area (TPSA) is 43.8 Å². The van der Waals surface area contributed by atoms with Crippen LogP contribution in [0.2, 0.25) is 0 Å². The fourth-order valence-corrected chi connectivity index (χ4v) is 2.66. The molecule has 0 saturated heterocycles. The zero-order valence-corrected chi connectivity index (χ0v) is 12.8. The number of benzene rings is 2. The van der Waals surface area contributed by atoms with Crippen LogP contribution >= 0.6 is 0 Å². The molecule has 124 valence electrons. The molecule has 0 amide bonds. The van der Waals surface area contributed by atoms with E-state index < -0.39 is 11.7 Å². The Balaban J connectivity index is 2.00. The van der Waals surface area contributed by atoms with Gasteiger partial charge >= 0.3 is 6.18 Å². The van der Waals surface area contributed by atoms with E-state index >= 15 is 0 Å². The number of imidazole rings is 1. The summed E-state index contributed by atoms with van der Waals surface area (Å²) in [6.45, 7) is 0.844. The second kappa shape index (κ2) is 6.49. The number of alkyl halides is 3. The van der Waals surface area contributed by atoms with E-state index in [1.807, 2.05) is 24.3 Å². The first kappa shape index (κ1) is 16.3. The maximum atomic E-state index is 13.2. The van der Waals surface area contributed by atoms with Gasteiger partial charge in [0.15, 0.2) is 0 Å². The molecule has 3 nitrogen and oxygen atoms in total. The molecule has 6 heteroatoms. The van der Waals surface area contributed by atoms with Crippen molar-refractivity contribution in [1.29, 1.82) is 0 Å². The lowest BCUT2D eigenvalue weighted by atomic mass is 10.1. The van der Waals surface area contributed by atoms with E-state index in [2.05, 4.69) is 4.98 Å². The van der Waals surface area contributed by atoms with Crippen LogP contribution in [-0.4, -0.2) is 9.55 Å². The molecule has 0 fully saturated rings. The van der Waals surface area contributed by atoms with Crippen LogP contribution in [0.25, 0.3) is 11.4 Å². The second-order valence-electron chi connectivity index (χ2n) is 5.45. The lowest BCUT2D eigenvalue weighted by Crippen LogP contribution is -2.10. The van der Waals surface area contributed by atoms with E-state index in [4.69, 9.17) is 5.73 Å². The molecule has 0 aliphatic heterocycles. The van der Waals surface area contributed by atoms with Crippen molar-refractivity contribution in [2.24, 2.45) is 5.73 Å². The van der Waals surface area contributed by atoms with Gasteiger partial charge in [0.1, 0.15) is 5.82 Å². The molecule has 24 heavy (non-hydrogen) atoms. The molecule has 3 rings (SSSR count). The first-order chi connectivity index (χ1) is 11.5. The third-order valence-corrected chi connectivity index (χ3v) is 3.77. The highest BCUT2D eigenvalue weighted by Gasteiger charge is 2.34. The normalized spacial score (nSPS) is 11.7. The van der Waals surface area contributed by atoms with Gasteiger partial charge in [0.05, 0.1) is 5.56 Å². The van der Waals surface area contributed by atoms with E-state index in [-0.39, 0.29) is 5.56 Å². The molecule has 0 bridgehead atoms. The van der Waals surface area contributed by atoms with Gasteiger partial charge in [-0.3, -0.25) is 0 Å². The summed E-state index contributed by atoms with van der Waals surface area (Å²) < 4.78 is 41.4. The van der Waals surface area contributed by atoms with Crippen molar-refractivity contribution in [3.05, 3.63) is 77.6 Å². The van der Waals surface area contributed by atoms with Gasteiger partial charge < -0.3 is 10.3 Å². The van der Waals surface area contributed by atoms with Gasteiger partial charge in [0.25, 0.3) is 0 Å². The maximum Gasteiger partial charge on any atom is 0.417 e. The van der Waals surface area contributed by atoms with Gasteiger partial charge in [-0.15, -0.1) is 0 Å². The van der Waals surface area contributed by atoms with Gasteiger partial charge in [0.2, 0.25) is 0 Å². The van der Waals surface area contributed by atoms with Crippen molar-refractivity contribution in [3.8, 4) is 11.4 Å². The Morgan fingerprint density at radius 2 is 1.75 bits per heavy atom. The Labute approximate surface area is 137 Å². The molecule has 0 unspecified atom stereocenters. The molecule has 0 radical (unpaired) electrons. The Morgan fingerprint density at radius 1 is 1.00 bits per heavy atom. The summed E-state index contributed by atoms with van der Waals surface area (Å²) in [4.78, 5) is 4.14. The summed E-state index contributed by atoms with van der Waals surface area (Å²) in [5.74, 6) is 0.293. The number of nitrogens with two attached hydrogens (primary N) is 1. The monoisotopic (exact) mass is 331 g/mol. The van der Waals surface area contributed by atoms with Crippen LogP contribution in [0.5, 0.6) is 0 Å². The summed E-state index contributed by atoms with van der Waals surface area (Å²) in [7, 11) is 0. The SMILES string of the molecule is NCc1cccc(Cn2ccnc2-c2ccccc2C(F)(F)F)c1.